The Morgan fingerprint density at radius 2 is 1.93 bits per heavy atom. The van der Waals surface area contributed by atoms with Crippen LogP contribution in [-0.2, 0) is 7.05 Å². The Morgan fingerprint density at radius 1 is 1.36 bits per heavy atom. The van der Waals surface area contributed by atoms with E-state index in [0.717, 1.165) is 4.57 Å². The molecule has 0 spiro atoms. The smallest absolute Gasteiger partial charge is 0.375 e. The fraction of sp³-hybridized carbons (Fsp3) is 0.625. The Kier molecular flexibility index (Phi) is 2.73. The van der Waals surface area contributed by atoms with E-state index in [-0.39, 0.29) is 11.7 Å². The van der Waals surface area contributed by atoms with Crippen LogP contribution in [0.5, 0.6) is 0 Å². The predicted molar refractivity (Wildman–Crippen MR) is 50.1 cm³/mol. The van der Waals surface area contributed by atoms with Crippen LogP contribution in [-0.4, -0.2) is 16.2 Å². The Bertz CT molecular complexity index is 504. The van der Waals surface area contributed by atoms with Crippen LogP contribution in [0, 0.1) is 0 Å². The van der Waals surface area contributed by atoms with Gasteiger partial charge >= 0.3 is 17.1 Å². The van der Waals surface area contributed by atoms with Crippen LogP contribution in [0.3, 0.4) is 0 Å². The molecular weight excluding hydrogens is 186 g/mol. The van der Waals surface area contributed by atoms with Crippen LogP contribution in [0.25, 0.3) is 0 Å². The third-order valence-corrected chi connectivity index (χ3v) is 1.86. The maximum absolute atomic E-state index is 11.6. The van der Waals surface area contributed by atoms with Crippen molar-refractivity contribution in [3.8, 4) is 0 Å². The number of hydrogen-bond acceptors (Lipinski definition) is 4. The summed E-state index contributed by atoms with van der Waals surface area (Å²) >= 11 is 0. The summed E-state index contributed by atoms with van der Waals surface area (Å²) in [5.41, 5.74) is -0.395. The molecule has 0 amide bonds. The van der Waals surface area contributed by atoms with Crippen molar-refractivity contribution in [3.63, 3.8) is 0 Å². The molecule has 1 aromatic heterocycles. The van der Waals surface area contributed by atoms with E-state index >= 15 is 0 Å². The monoisotopic (exact) mass is 199 g/mol. The molecule has 0 atom stereocenters. The second-order valence-electron chi connectivity index (χ2n) is 3.18. The molecule has 0 bridgehead atoms. The zero-order valence-electron chi connectivity index (χ0n) is 8.64. The van der Waals surface area contributed by atoms with Crippen LogP contribution in [0.4, 0.5) is 0 Å². The molecule has 0 unspecified atom stereocenters. The first-order chi connectivity index (χ1) is 6.49. The van der Waals surface area contributed by atoms with Crippen LogP contribution in [0.2, 0.25) is 0 Å². The van der Waals surface area contributed by atoms with Crippen molar-refractivity contribution in [1.82, 2.24) is 9.13 Å². The van der Waals surface area contributed by atoms with Gasteiger partial charge in [-0.3, -0.25) is 4.57 Å². The van der Waals surface area contributed by atoms with Gasteiger partial charge in [0, 0.05) is 20.1 Å². The third kappa shape index (κ3) is 1.55. The summed E-state index contributed by atoms with van der Waals surface area (Å²) in [6.45, 7) is 3.47. The molecule has 0 fully saturated rings. The van der Waals surface area contributed by atoms with Crippen molar-refractivity contribution in [2.24, 2.45) is 12.0 Å². The maximum Gasteiger partial charge on any atom is 0.426 e. The van der Waals surface area contributed by atoms with Gasteiger partial charge in [-0.15, -0.1) is 0 Å². The summed E-state index contributed by atoms with van der Waals surface area (Å²) in [6, 6.07) is -0.226. The zero-order chi connectivity index (χ0) is 10.9. The van der Waals surface area contributed by atoms with Crippen molar-refractivity contribution in [2.75, 3.05) is 7.05 Å². The van der Waals surface area contributed by atoms with Gasteiger partial charge in [0.2, 0.25) is 0 Å². The topological polar surface area (TPSA) is 69.5 Å². The van der Waals surface area contributed by atoms with E-state index in [4.69, 9.17) is 4.42 Å². The molecule has 6 heteroatoms. The zero-order valence-corrected chi connectivity index (χ0v) is 8.64. The van der Waals surface area contributed by atoms with E-state index in [1.807, 2.05) is 0 Å². The summed E-state index contributed by atoms with van der Waals surface area (Å²) in [5.74, 6) is -0.677. The quantitative estimate of drug-likeness (QED) is 0.597. The van der Waals surface area contributed by atoms with Crippen molar-refractivity contribution < 1.29 is 4.42 Å². The van der Waals surface area contributed by atoms with Gasteiger partial charge in [-0.25, -0.2) is 19.1 Å². The molecule has 0 aliphatic heterocycles. The fourth-order valence-corrected chi connectivity index (χ4v) is 1.14. The van der Waals surface area contributed by atoms with Gasteiger partial charge in [0.15, 0.2) is 0 Å². The Hall–Kier alpha value is -1.59. The summed E-state index contributed by atoms with van der Waals surface area (Å²) < 4.78 is 7.07. The first-order valence-electron chi connectivity index (χ1n) is 4.24. The van der Waals surface area contributed by atoms with Crippen molar-refractivity contribution in [1.29, 1.82) is 0 Å². The van der Waals surface area contributed by atoms with Crippen molar-refractivity contribution in [3.05, 3.63) is 26.7 Å². The second-order valence-corrected chi connectivity index (χ2v) is 3.18. The molecule has 0 N–H and O–H groups in total. The highest BCUT2D eigenvalue weighted by atomic mass is 16.4. The molecule has 6 nitrogen and oxygen atoms in total. The normalized spacial score (nSPS) is 12.5. The first kappa shape index (κ1) is 10.5. The molecular formula is C8H13N3O3. The highest BCUT2D eigenvalue weighted by molar-refractivity contribution is 4.70. The van der Waals surface area contributed by atoms with E-state index in [0.29, 0.717) is 0 Å². The fourth-order valence-electron chi connectivity index (χ4n) is 1.14. The Labute approximate surface area is 80.1 Å². The summed E-state index contributed by atoms with van der Waals surface area (Å²) in [6.07, 6.45) is 0. The Balaban J connectivity index is 3.77. The van der Waals surface area contributed by atoms with Gasteiger partial charge in [0.05, 0.1) is 0 Å². The minimum Gasteiger partial charge on any atom is -0.375 e. The first-order valence-corrected chi connectivity index (χ1v) is 4.24. The summed E-state index contributed by atoms with van der Waals surface area (Å²) in [4.78, 5) is 26.6. The lowest BCUT2D eigenvalue weighted by molar-refractivity contribution is 0.310. The highest BCUT2D eigenvalue weighted by Crippen LogP contribution is 1.91. The summed E-state index contributed by atoms with van der Waals surface area (Å²) in [5, 5.41) is 0. The van der Waals surface area contributed by atoms with Gasteiger partial charge in [-0.05, 0) is 13.8 Å². The molecule has 0 radical (unpaired) electrons. The van der Waals surface area contributed by atoms with E-state index < -0.39 is 11.4 Å². The molecule has 1 aromatic rings. The molecule has 0 aromatic carbocycles. The molecule has 14 heavy (non-hydrogen) atoms. The predicted octanol–water partition coefficient (Wildman–Crippen LogP) is -0.749. The van der Waals surface area contributed by atoms with Crippen LogP contribution in [0.15, 0.2) is 19.0 Å². The summed E-state index contributed by atoms with van der Waals surface area (Å²) in [7, 11) is 2.96. The molecule has 0 saturated carbocycles. The van der Waals surface area contributed by atoms with Gasteiger partial charge in [0.1, 0.15) is 0 Å². The minimum absolute atomic E-state index is 0.0249. The molecule has 78 valence electrons. The number of nitrogens with zero attached hydrogens (tertiary/aromatic N) is 3. The van der Waals surface area contributed by atoms with E-state index in [9.17, 15) is 9.59 Å². The van der Waals surface area contributed by atoms with Crippen LogP contribution in [0.1, 0.15) is 19.9 Å². The molecule has 1 heterocycles. The molecule has 1 rings (SSSR count). The lowest BCUT2D eigenvalue weighted by Crippen LogP contribution is -2.46. The second kappa shape index (κ2) is 3.65. The molecule has 0 aliphatic rings. The van der Waals surface area contributed by atoms with E-state index in [1.54, 1.807) is 13.8 Å². The van der Waals surface area contributed by atoms with Crippen LogP contribution < -0.4 is 17.1 Å². The van der Waals surface area contributed by atoms with Gasteiger partial charge in [0.25, 0.3) is 0 Å². The average Bonchev–Trinajstić information content (AvgIpc) is 2.10. The van der Waals surface area contributed by atoms with Crippen molar-refractivity contribution >= 4 is 0 Å². The highest BCUT2D eigenvalue weighted by Gasteiger charge is 2.09. The molecule has 0 aliphatic carbocycles. The number of hydrogen-bond donors (Lipinski definition) is 0. The van der Waals surface area contributed by atoms with E-state index in [1.165, 1.54) is 18.7 Å². The average molecular weight is 199 g/mol. The number of rotatable bonds is 1. The molecule has 0 saturated heterocycles. The third-order valence-electron chi connectivity index (χ3n) is 1.86. The standard InChI is InChI=1S/C8H13N3O3/c1-5(2)11-7(12)10(4)6(9-3)14-8(11)13/h5H,1-4H3/b9-6+. The lowest BCUT2D eigenvalue weighted by atomic mass is 10.4. The maximum atomic E-state index is 11.6. The van der Waals surface area contributed by atoms with E-state index in [2.05, 4.69) is 4.99 Å². The number of aromatic nitrogens is 2. The lowest BCUT2D eigenvalue weighted by Gasteiger charge is -2.07. The SMILES string of the molecule is C/N=c1/oc(=O)n(C(C)C)c(=O)n1C. The Morgan fingerprint density at radius 3 is 2.36 bits per heavy atom. The minimum atomic E-state index is -0.677. The van der Waals surface area contributed by atoms with Crippen molar-refractivity contribution in [2.45, 2.75) is 19.9 Å². The largest absolute Gasteiger partial charge is 0.426 e. The van der Waals surface area contributed by atoms with Gasteiger partial charge in [-0.1, -0.05) is 0 Å². The van der Waals surface area contributed by atoms with Crippen LogP contribution >= 0.6 is 0 Å². The van der Waals surface area contributed by atoms with Gasteiger partial charge in [-0.2, -0.15) is 0 Å². The van der Waals surface area contributed by atoms with Gasteiger partial charge < -0.3 is 4.42 Å².